The van der Waals surface area contributed by atoms with Crippen LogP contribution in [0.4, 0.5) is 5.69 Å². The fourth-order valence-corrected chi connectivity index (χ4v) is 1.82. The first-order valence-corrected chi connectivity index (χ1v) is 7.16. The van der Waals surface area contributed by atoms with E-state index in [1.54, 1.807) is 7.05 Å². The van der Waals surface area contributed by atoms with Crippen molar-refractivity contribution < 1.29 is 14.3 Å². The molecule has 0 bridgehead atoms. The molecule has 2 aromatic carbocycles. The summed E-state index contributed by atoms with van der Waals surface area (Å²) in [7, 11) is 1.61. The van der Waals surface area contributed by atoms with Crippen LogP contribution in [0, 0.1) is 0 Å². The van der Waals surface area contributed by atoms with E-state index in [2.05, 4.69) is 10.6 Å². The van der Waals surface area contributed by atoms with Crippen LogP contribution in [0.25, 0.3) is 0 Å². The molecule has 0 aliphatic rings. The maximum absolute atomic E-state index is 11.2. The van der Waals surface area contributed by atoms with Gasteiger partial charge in [0.05, 0.1) is 13.2 Å². The van der Waals surface area contributed by atoms with Crippen molar-refractivity contribution in [1.29, 1.82) is 0 Å². The first kappa shape index (κ1) is 15.7. The summed E-state index contributed by atoms with van der Waals surface area (Å²) >= 11 is 0. The molecule has 0 aliphatic carbocycles. The summed E-state index contributed by atoms with van der Waals surface area (Å²) in [6, 6.07) is 14.9. The predicted octanol–water partition coefficient (Wildman–Crippen LogP) is 3.04. The Kier molecular flexibility index (Phi) is 5.65. The number of likely N-dealkylation sites (N-methyl/N-ethyl adjacent to an activating group) is 1. The molecule has 0 radical (unpaired) electrons. The smallest absolute Gasteiger partial charge is 0.239 e. The van der Waals surface area contributed by atoms with Gasteiger partial charge in [-0.1, -0.05) is 0 Å². The number of anilines is 1. The van der Waals surface area contributed by atoms with Gasteiger partial charge in [0, 0.05) is 12.7 Å². The molecule has 0 fully saturated rings. The van der Waals surface area contributed by atoms with Gasteiger partial charge in [0.25, 0.3) is 0 Å². The van der Waals surface area contributed by atoms with E-state index in [0.717, 1.165) is 22.9 Å². The maximum atomic E-state index is 11.2. The van der Waals surface area contributed by atoms with Gasteiger partial charge >= 0.3 is 0 Å². The molecule has 22 heavy (non-hydrogen) atoms. The zero-order valence-electron chi connectivity index (χ0n) is 12.8. The number of ether oxygens (including phenoxy) is 2. The van der Waals surface area contributed by atoms with Crippen molar-refractivity contribution in [2.45, 2.75) is 6.92 Å². The molecule has 0 aromatic heterocycles. The number of benzene rings is 2. The SMILES string of the molecule is CCOc1ccc(Oc2ccc(NCC(=O)NC)cc2)cc1. The zero-order chi connectivity index (χ0) is 15.8. The number of nitrogens with one attached hydrogen (secondary N) is 2. The quantitative estimate of drug-likeness (QED) is 0.825. The topological polar surface area (TPSA) is 59.6 Å². The van der Waals surface area contributed by atoms with Crippen molar-refractivity contribution in [3.63, 3.8) is 0 Å². The van der Waals surface area contributed by atoms with Gasteiger partial charge in [-0.3, -0.25) is 4.79 Å². The number of carbonyl (C=O) groups excluding carboxylic acids is 1. The number of carbonyl (C=O) groups is 1. The van der Waals surface area contributed by atoms with E-state index < -0.39 is 0 Å². The van der Waals surface area contributed by atoms with Crippen molar-refractivity contribution in [3.8, 4) is 17.2 Å². The monoisotopic (exact) mass is 300 g/mol. The van der Waals surface area contributed by atoms with Crippen molar-refractivity contribution in [3.05, 3.63) is 48.5 Å². The zero-order valence-corrected chi connectivity index (χ0v) is 12.8. The summed E-state index contributed by atoms with van der Waals surface area (Å²) in [5, 5.41) is 5.58. The molecule has 0 saturated heterocycles. The summed E-state index contributed by atoms with van der Waals surface area (Å²) in [6.45, 7) is 2.84. The van der Waals surface area contributed by atoms with E-state index in [9.17, 15) is 4.79 Å². The van der Waals surface area contributed by atoms with Crippen LogP contribution in [0.1, 0.15) is 6.92 Å². The van der Waals surface area contributed by atoms with Crippen molar-refractivity contribution in [2.75, 3.05) is 25.5 Å². The van der Waals surface area contributed by atoms with E-state index in [4.69, 9.17) is 9.47 Å². The van der Waals surface area contributed by atoms with Crippen LogP contribution in [-0.4, -0.2) is 26.1 Å². The molecule has 0 atom stereocenters. The molecule has 116 valence electrons. The molecule has 2 rings (SSSR count). The molecular formula is C17H20N2O3. The standard InChI is InChI=1S/C17H20N2O3/c1-3-21-14-8-10-16(11-9-14)22-15-6-4-13(5-7-15)19-12-17(20)18-2/h4-11,19H,3,12H2,1-2H3,(H,18,20). The van der Waals surface area contributed by atoms with Gasteiger partial charge in [-0.2, -0.15) is 0 Å². The lowest BCUT2D eigenvalue weighted by atomic mass is 10.3. The van der Waals surface area contributed by atoms with Crippen LogP contribution < -0.4 is 20.1 Å². The Bertz CT molecular complexity index is 594. The van der Waals surface area contributed by atoms with Gasteiger partial charge in [0.2, 0.25) is 5.91 Å². The fraction of sp³-hybridized carbons (Fsp3) is 0.235. The Hall–Kier alpha value is -2.69. The third-order valence-electron chi connectivity index (χ3n) is 2.96. The lowest BCUT2D eigenvalue weighted by Crippen LogP contribution is -2.26. The minimum absolute atomic E-state index is 0.0604. The highest BCUT2D eigenvalue weighted by molar-refractivity contribution is 5.80. The Balaban J connectivity index is 1.91. The second-order valence-electron chi connectivity index (χ2n) is 4.56. The minimum atomic E-state index is -0.0604. The predicted molar refractivity (Wildman–Crippen MR) is 86.7 cm³/mol. The highest BCUT2D eigenvalue weighted by Gasteiger charge is 2.01. The third kappa shape index (κ3) is 4.70. The van der Waals surface area contributed by atoms with Crippen LogP contribution in [0.5, 0.6) is 17.2 Å². The Morgan fingerprint density at radius 3 is 2.05 bits per heavy atom. The molecule has 5 heteroatoms. The molecule has 0 saturated carbocycles. The van der Waals surface area contributed by atoms with Gasteiger partial charge in [-0.05, 0) is 55.5 Å². The van der Waals surface area contributed by atoms with Crippen molar-refractivity contribution in [2.24, 2.45) is 0 Å². The second-order valence-corrected chi connectivity index (χ2v) is 4.56. The summed E-state index contributed by atoms with van der Waals surface area (Å²) in [6.07, 6.45) is 0. The van der Waals surface area contributed by atoms with E-state index in [-0.39, 0.29) is 12.5 Å². The van der Waals surface area contributed by atoms with Gasteiger partial charge < -0.3 is 20.1 Å². The summed E-state index contributed by atoms with van der Waals surface area (Å²) in [5.74, 6) is 2.24. The van der Waals surface area contributed by atoms with Crippen LogP contribution in [-0.2, 0) is 4.79 Å². The molecule has 0 heterocycles. The van der Waals surface area contributed by atoms with Gasteiger partial charge in [0.1, 0.15) is 17.2 Å². The Labute approximate surface area is 130 Å². The number of hydrogen-bond acceptors (Lipinski definition) is 4. The molecule has 0 aliphatic heterocycles. The summed E-state index contributed by atoms with van der Waals surface area (Å²) in [5.41, 5.74) is 0.864. The lowest BCUT2D eigenvalue weighted by molar-refractivity contribution is -0.118. The molecule has 1 amide bonds. The van der Waals surface area contributed by atoms with Crippen LogP contribution >= 0.6 is 0 Å². The largest absolute Gasteiger partial charge is 0.494 e. The Morgan fingerprint density at radius 2 is 1.50 bits per heavy atom. The van der Waals surface area contributed by atoms with Crippen LogP contribution in [0.15, 0.2) is 48.5 Å². The van der Waals surface area contributed by atoms with Gasteiger partial charge in [-0.25, -0.2) is 0 Å². The summed E-state index contributed by atoms with van der Waals surface area (Å²) in [4.78, 5) is 11.2. The molecule has 0 unspecified atom stereocenters. The fourth-order valence-electron chi connectivity index (χ4n) is 1.82. The molecular weight excluding hydrogens is 280 g/mol. The van der Waals surface area contributed by atoms with E-state index >= 15 is 0 Å². The molecule has 2 N–H and O–H groups in total. The highest BCUT2D eigenvalue weighted by atomic mass is 16.5. The van der Waals surface area contributed by atoms with E-state index in [1.165, 1.54) is 0 Å². The summed E-state index contributed by atoms with van der Waals surface area (Å²) < 4.78 is 11.1. The third-order valence-corrected chi connectivity index (χ3v) is 2.96. The maximum Gasteiger partial charge on any atom is 0.239 e. The minimum Gasteiger partial charge on any atom is -0.494 e. The number of rotatable bonds is 7. The van der Waals surface area contributed by atoms with E-state index in [1.807, 2.05) is 55.5 Å². The van der Waals surface area contributed by atoms with Gasteiger partial charge in [-0.15, -0.1) is 0 Å². The average Bonchev–Trinajstić information content (AvgIpc) is 2.56. The van der Waals surface area contributed by atoms with E-state index in [0.29, 0.717) is 6.61 Å². The number of amides is 1. The van der Waals surface area contributed by atoms with Crippen LogP contribution in [0.3, 0.4) is 0 Å². The van der Waals surface area contributed by atoms with Gasteiger partial charge in [0.15, 0.2) is 0 Å². The van der Waals surface area contributed by atoms with Crippen molar-refractivity contribution >= 4 is 11.6 Å². The molecule has 0 spiro atoms. The Morgan fingerprint density at radius 1 is 0.955 bits per heavy atom. The number of hydrogen-bond donors (Lipinski definition) is 2. The highest BCUT2D eigenvalue weighted by Crippen LogP contribution is 2.25. The molecule has 2 aromatic rings. The lowest BCUT2D eigenvalue weighted by Gasteiger charge is -2.09. The first-order chi connectivity index (χ1) is 10.7. The average molecular weight is 300 g/mol. The normalized spacial score (nSPS) is 9.91. The van der Waals surface area contributed by atoms with Crippen LogP contribution in [0.2, 0.25) is 0 Å². The van der Waals surface area contributed by atoms with Crippen molar-refractivity contribution in [1.82, 2.24) is 5.32 Å². The first-order valence-electron chi connectivity index (χ1n) is 7.16. The second kappa shape index (κ2) is 7.93. The molecule has 5 nitrogen and oxygen atoms in total.